The minimum Gasteiger partial charge on any atom is -0.474 e. The Labute approximate surface area is 119 Å². The summed E-state index contributed by atoms with van der Waals surface area (Å²) in [6, 6.07) is 3.71. The molecular weight excluding hydrogens is 255 g/mol. The van der Waals surface area contributed by atoms with Gasteiger partial charge in [0.2, 0.25) is 5.88 Å². The Kier molecular flexibility index (Phi) is 2.99. The molecule has 3 rings (SSSR count). The minimum absolute atomic E-state index is 0.310. The van der Waals surface area contributed by atoms with Crippen molar-refractivity contribution in [3.8, 4) is 5.88 Å². The van der Waals surface area contributed by atoms with Crippen molar-refractivity contribution >= 4 is 18.4 Å². The Morgan fingerprint density at radius 3 is 2.30 bits per heavy atom. The summed E-state index contributed by atoms with van der Waals surface area (Å²) in [5.41, 5.74) is 6.02. The van der Waals surface area contributed by atoms with Crippen molar-refractivity contribution in [2.75, 3.05) is 5.73 Å². The number of hydrogen-bond acceptors (Lipinski definition) is 5. The third-order valence-electron chi connectivity index (χ3n) is 4.25. The smallest absolute Gasteiger partial charge is 0.474 e. The predicted molar refractivity (Wildman–Crippen MR) is 78.0 cm³/mol. The number of anilines is 1. The van der Waals surface area contributed by atoms with Crippen LogP contribution in [0.15, 0.2) is 12.1 Å². The van der Waals surface area contributed by atoms with Gasteiger partial charge >= 0.3 is 7.12 Å². The lowest BCUT2D eigenvalue weighted by Crippen LogP contribution is -2.41. The first kappa shape index (κ1) is 13.7. The van der Waals surface area contributed by atoms with Gasteiger partial charge in [0.1, 0.15) is 11.9 Å². The molecule has 1 saturated heterocycles. The van der Waals surface area contributed by atoms with Crippen molar-refractivity contribution in [2.45, 2.75) is 57.8 Å². The summed E-state index contributed by atoms with van der Waals surface area (Å²) in [6.45, 7) is 8.06. The molecule has 1 aromatic heterocycles. The molecule has 0 bridgehead atoms. The van der Waals surface area contributed by atoms with Crippen LogP contribution in [-0.2, 0) is 9.31 Å². The quantitative estimate of drug-likeness (QED) is 0.847. The fourth-order valence-electron chi connectivity index (χ4n) is 2.06. The molecule has 0 radical (unpaired) electrons. The molecule has 20 heavy (non-hydrogen) atoms. The van der Waals surface area contributed by atoms with Crippen LogP contribution in [0.5, 0.6) is 5.88 Å². The molecule has 1 saturated carbocycles. The fraction of sp³-hybridized carbons (Fsp3) is 0.643. The molecule has 108 valence electrons. The maximum absolute atomic E-state index is 6.02. The van der Waals surface area contributed by atoms with Crippen LogP contribution in [0.4, 0.5) is 5.82 Å². The summed E-state index contributed by atoms with van der Waals surface area (Å²) in [6.07, 6.45) is 2.51. The van der Waals surface area contributed by atoms with E-state index in [0.29, 0.717) is 17.8 Å². The maximum Gasteiger partial charge on any atom is 0.498 e. The highest BCUT2D eigenvalue weighted by atomic mass is 16.7. The molecule has 1 aliphatic heterocycles. The van der Waals surface area contributed by atoms with Crippen molar-refractivity contribution in [1.82, 2.24) is 4.98 Å². The number of aromatic nitrogens is 1. The SMILES string of the molecule is CC1(C)OB(c2ccc(OC3CC3)nc2N)OC1(C)C. The number of hydrogen-bond donors (Lipinski definition) is 1. The molecule has 0 amide bonds. The van der Waals surface area contributed by atoms with Crippen LogP contribution in [0.2, 0.25) is 0 Å². The lowest BCUT2D eigenvalue weighted by molar-refractivity contribution is 0.00578. The Morgan fingerprint density at radius 1 is 1.20 bits per heavy atom. The molecule has 0 atom stereocenters. The van der Waals surface area contributed by atoms with Gasteiger partial charge in [-0.2, -0.15) is 4.98 Å². The van der Waals surface area contributed by atoms with Crippen LogP contribution in [0, 0.1) is 0 Å². The lowest BCUT2D eigenvalue weighted by atomic mass is 9.79. The fourth-order valence-corrected chi connectivity index (χ4v) is 2.06. The Hall–Kier alpha value is -1.27. The van der Waals surface area contributed by atoms with Gasteiger partial charge in [-0.15, -0.1) is 0 Å². The molecule has 5 nitrogen and oxygen atoms in total. The molecule has 2 N–H and O–H groups in total. The van der Waals surface area contributed by atoms with Gasteiger partial charge in [-0.25, -0.2) is 0 Å². The van der Waals surface area contributed by atoms with Crippen molar-refractivity contribution < 1.29 is 14.0 Å². The van der Waals surface area contributed by atoms with Gasteiger partial charge in [0, 0.05) is 11.5 Å². The number of rotatable bonds is 3. The van der Waals surface area contributed by atoms with Crippen molar-refractivity contribution in [3.05, 3.63) is 12.1 Å². The third kappa shape index (κ3) is 2.38. The van der Waals surface area contributed by atoms with Gasteiger partial charge in [0.15, 0.2) is 0 Å². The van der Waals surface area contributed by atoms with E-state index in [2.05, 4.69) is 4.98 Å². The van der Waals surface area contributed by atoms with E-state index in [1.807, 2.05) is 39.8 Å². The zero-order valence-corrected chi connectivity index (χ0v) is 12.5. The first-order chi connectivity index (χ1) is 9.28. The monoisotopic (exact) mass is 276 g/mol. The lowest BCUT2D eigenvalue weighted by Gasteiger charge is -2.32. The summed E-state index contributed by atoms with van der Waals surface area (Å²) < 4.78 is 17.6. The van der Waals surface area contributed by atoms with E-state index in [4.69, 9.17) is 19.8 Å². The summed E-state index contributed by atoms with van der Waals surface area (Å²) in [7, 11) is -0.484. The van der Waals surface area contributed by atoms with Gasteiger partial charge in [-0.3, -0.25) is 0 Å². The first-order valence-corrected chi connectivity index (χ1v) is 7.07. The average Bonchev–Trinajstić information content (AvgIpc) is 3.07. The highest BCUT2D eigenvalue weighted by molar-refractivity contribution is 6.63. The largest absolute Gasteiger partial charge is 0.498 e. The normalized spacial score (nSPS) is 23.9. The average molecular weight is 276 g/mol. The second-order valence-corrected chi connectivity index (χ2v) is 6.53. The van der Waals surface area contributed by atoms with Crippen molar-refractivity contribution in [3.63, 3.8) is 0 Å². The van der Waals surface area contributed by atoms with E-state index in [1.54, 1.807) is 0 Å². The number of nitrogen functional groups attached to an aromatic ring is 1. The Morgan fingerprint density at radius 2 is 1.80 bits per heavy atom. The molecule has 2 fully saturated rings. The van der Waals surface area contributed by atoms with Gasteiger partial charge in [-0.1, -0.05) is 6.07 Å². The van der Waals surface area contributed by atoms with E-state index < -0.39 is 7.12 Å². The van der Waals surface area contributed by atoms with E-state index in [0.717, 1.165) is 18.3 Å². The van der Waals surface area contributed by atoms with E-state index >= 15 is 0 Å². The molecule has 0 unspecified atom stereocenters. The summed E-state index contributed by atoms with van der Waals surface area (Å²) in [5.74, 6) is 0.979. The number of ether oxygens (including phenoxy) is 1. The van der Waals surface area contributed by atoms with Crippen LogP contribution in [0.3, 0.4) is 0 Å². The maximum atomic E-state index is 6.02. The van der Waals surface area contributed by atoms with Crippen molar-refractivity contribution in [2.24, 2.45) is 0 Å². The molecule has 2 aliphatic rings. The van der Waals surface area contributed by atoms with Crippen LogP contribution in [-0.4, -0.2) is 29.4 Å². The molecule has 1 aliphatic carbocycles. The minimum atomic E-state index is -0.484. The van der Waals surface area contributed by atoms with Gasteiger partial charge in [0.25, 0.3) is 0 Å². The van der Waals surface area contributed by atoms with E-state index in [1.165, 1.54) is 0 Å². The molecule has 0 spiro atoms. The van der Waals surface area contributed by atoms with E-state index in [9.17, 15) is 0 Å². The van der Waals surface area contributed by atoms with Crippen LogP contribution in [0.1, 0.15) is 40.5 Å². The second-order valence-electron chi connectivity index (χ2n) is 6.53. The number of nitrogens with zero attached hydrogens (tertiary/aromatic N) is 1. The molecule has 0 aromatic carbocycles. The standard InChI is InChI=1S/C14H21BN2O3/c1-13(2)14(3,4)20-15(19-13)10-7-8-11(17-12(10)16)18-9-5-6-9/h7-9H,5-6H2,1-4H3,(H2,16,17). The summed E-state index contributed by atoms with van der Waals surface area (Å²) in [4.78, 5) is 4.29. The Bertz CT molecular complexity index is 513. The zero-order chi connectivity index (χ0) is 14.5. The second kappa shape index (κ2) is 4.36. The number of pyridine rings is 1. The van der Waals surface area contributed by atoms with E-state index in [-0.39, 0.29) is 11.2 Å². The first-order valence-electron chi connectivity index (χ1n) is 7.07. The number of nitrogens with two attached hydrogens (primary N) is 1. The van der Waals surface area contributed by atoms with Crippen molar-refractivity contribution in [1.29, 1.82) is 0 Å². The third-order valence-corrected chi connectivity index (χ3v) is 4.25. The summed E-state index contributed by atoms with van der Waals surface area (Å²) in [5, 5.41) is 0. The van der Waals surface area contributed by atoms with Crippen LogP contribution >= 0.6 is 0 Å². The Balaban J connectivity index is 1.80. The molecule has 2 heterocycles. The van der Waals surface area contributed by atoms with Gasteiger partial charge in [-0.05, 0) is 40.5 Å². The predicted octanol–water partition coefficient (Wildman–Crippen LogP) is 1.50. The molecule has 1 aromatic rings. The molecule has 6 heteroatoms. The highest BCUT2D eigenvalue weighted by Crippen LogP contribution is 2.37. The van der Waals surface area contributed by atoms with Crippen LogP contribution < -0.4 is 15.9 Å². The molecular formula is C14H21BN2O3. The summed E-state index contributed by atoms with van der Waals surface area (Å²) >= 11 is 0. The van der Waals surface area contributed by atoms with Gasteiger partial charge in [0.05, 0.1) is 11.2 Å². The highest BCUT2D eigenvalue weighted by Gasteiger charge is 2.52. The zero-order valence-electron chi connectivity index (χ0n) is 12.5. The topological polar surface area (TPSA) is 66.6 Å². The van der Waals surface area contributed by atoms with Crippen LogP contribution in [0.25, 0.3) is 0 Å². The van der Waals surface area contributed by atoms with Gasteiger partial charge < -0.3 is 19.8 Å².